The van der Waals surface area contributed by atoms with Crippen molar-refractivity contribution in [3.8, 4) is 5.75 Å². The molecule has 1 saturated heterocycles. The number of nitrogens with zero attached hydrogens (tertiary/aromatic N) is 1. The fourth-order valence-electron chi connectivity index (χ4n) is 2.62. The first-order valence-corrected chi connectivity index (χ1v) is 7.11. The molecule has 20 heavy (non-hydrogen) atoms. The Bertz CT molecular complexity index is 580. The van der Waals surface area contributed by atoms with Gasteiger partial charge in [0.15, 0.2) is 0 Å². The lowest BCUT2D eigenvalue weighted by Gasteiger charge is -2.11. The van der Waals surface area contributed by atoms with Gasteiger partial charge in [-0.25, -0.2) is 4.98 Å². The molecule has 0 amide bonds. The minimum absolute atomic E-state index is 0.687. The molecule has 1 aromatic carbocycles. The van der Waals surface area contributed by atoms with Gasteiger partial charge < -0.3 is 14.8 Å². The van der Waals surface area contributed by atoms with Crippen LogP contribution in [0, 0.1) is 5.92 Å². The molecule has 1 atom stereocenters. The van der Waals surface area contributed by atoms with Crippen LogP contribution in [0.5, 0.6) is 5.75 Å². The van der Waals surface area contributed by atoms with E-state index in [4.69, 9.17) is 9.47 Å². The Labute approximate surface area is 119 Å². The number of hydrogen-bond acceptors (Lipinski definition) is 4. The molecule has 0 bridgehead atoms. The third kappa shape index (κ3) is 2.85. The number of aromatic nitrogens is 1. The van der Waals surface area contributed by atoms with Crippen LogP contribution in [-0.4, -0.2) is 31.9 Å². The van der Waals surface area contributed by atoms with Crippen molar-refractivity contribution in [3.63, 3.8) is 0 Å². The summed E-state index contributed by atoms with van der Waals surface area (Å²) in [5.41, 5.74) is 0. The van der Waals surface area contributed by atoms with Gasteiger partial charge in [0.2, 0.25) is 0 Å². The van der Waals surface area contributed by atoms with Gasteiger partial charge in [-0.05, 0) is 42.3 Å². The van der Waals surface area contributed by atoms with Gasteiger partial charge in [-0.2, -0.15) is 0 Å². The Morgan fingerprint density at radius 2 is 2.35 bits per heavy atom. The third-order valence-electron chi connectivity index (χ3n) is 3.84. The fraction of sp³-hybridized carbons (Fsp3) is 0.438. The second kappa shape index (κ2) is 6.09. The largest absolute Gasteiger partial charge is 0.497 e. The predicted molar refractivity (Wildman–Crippen MR) is 80.3 cm³/mol. The number of benzene rings is 1. The van der Waals surface area contributed by atoms with E-state index in [-0.39, 0.29) is 0 Å². The van der Waals surface area contributed by atoms with Crippen molar-refractivity contribution in [1.82, 2.24) is 4.98 Å². The van der Waals surface area contributed by atoms with E-state index in [1.807, 2.05) is 24.4 Å². The zero-order valence-electron chi connectivity index (χ0n) is 11.8. The van der Waals surface area contributed by atoms with E-state index in [0.29, 0.717) is 5.92 Å². The number of anilines is 1. The molecule has 0 spiro atoms. The van der Waals surface area contributed by atoms with Crippen LogP contribution >= 0.6 is 0 Å². The van der Waals surface area contributed by atoms with Crippen molar-refractivity contribution in [3.05, 3.63) is 30.5 Å². The van der Waals surface area contributed by atoms with Gasteiger partial charge in [0.05, 0.1) is 7.11 Å². The van der Waals surface area contributed by atoms with Crippen LogP contribution in [0.4, 0.5) is 5.82 Å². The number of nitrogens with one attached hydrogen (secondary N) is 1. The van der Waals surface area contributed by atoms with Gasteiger partial charge in [-0.3, -0.25) is 0 Å². The Kier molecular flexibility index (Phi) is 4.02. The highest BCUT2D eigenvalue weighted by Crippen LogP contribution is 2.26. The molecule has 1 aliphatic heterocycles. The normalized spacial score (nSPS) is 18.4. The summed E-state index contributed by atoms with van der Waals surface area (Å²) in [5.74, 6) is 2.48. The van der Waals surface area contributed by atoms with Crippen molar-refractivity contribution in [2.45, 2.75) is 12.8 Å². The highest BCUT2D eigenvalue weighted by atomic mass is 16.5. The Hall–Kier alpha value is -1.81. The minimum atomic E-state index is 0.687. The second-order valence-electron chi connectivity index (χ2n) is 5.19. The number of methoxy groups -OCH3 is 1. The van der Waals surface area contributed by atoms with E-state index in [0.717, 1.165) is 43.1 Å². The van der Waals surface area contributed by atoms with Gasteiger partial charge in [0.25, 0.3) is 0 Å². The summed E-state index contributed by atoms with van der Waals surface area (Å²) in [4.78, 5) is 4.45. The van der Waals surface area contributed by atoms with Gasteiger partial charge in [0, 0.05) is 31.3 Å². The summed E-state index contributed by atoms with van der Waals surface area (Å²) in [6, 6.07) is 8.09. The zero-order valence-corrected chi connectivity index (χ0v) is 11.8. The maximum atomic E-state index is 5.40. The minimum Gasteiger partial charge on any atom is -0.497 e. The van der Waals surface area contributed by atoms with E-state index < -0.39 is 0 Å². The lowest BCUT2D eigenvalue weighted by atomic mass is 10.1. The van der Waals surface area contributed by atoms with Crippen molar-refractivity contribution in [2.24, 2.45) is 5.92 Å². The Balaban J connectivity index is 1.72. The molecule has 1 N–H and O–H groups in total. The van der Waals surface area contributed by atoms with Crippen LogP contribution in [0.3, 0.4) is 0 Å². The Morgan fingerprint density at radius 3 is 3.15 bits per heavy atom. The molecular formula is C16H20N2O2. The monoisotopic (exact) mass is 272 g/mol. The van der Waals surface area contributed by atoms with Gasteiger partial charge in [-0.15, -0.1) is 0 Å². The molecule has 106 valence electrons. The molecule has 3 rings (SSSR count). The Morgan fingerprint density at radius 1 is 1.40 bits per heavy atom. The first kappa shape index (κ1) is 13.2. The molecule has 1 unspecified atom stereocenters. The van der Waals surface area contributed by atoms with Gasteiger partial charge >= 0.3 is 0 Å². The summed E-state index contributed by atoms with van der Waals surface area (Å²) in [7, 11) is 1.69. The van der Waals surface area contributed by atoms with E-state index >= 15 is 0 Å². The highest BCUT2D eigenvalue weighted by Gasteiger charge is 2.15. The molecule has 0 aliphatic carbocycles. The summed E-state index contributed by atoms with van der Waals surface area (Å²) >= 11 is 0. The van der Waals surface area contributed by atoms with Crippen LogP contribution in [0.15, 0.2) is 30.5 Å². The highest BCUT2D eigenvalue weighted by molar-refractivity contribution is 5.92. The topological polar surface area (TPSA) is 43.4 Å². The summed E-state index contributed by atoms with van der Waals surface area (Å²) in [6.45, 7) is 2.74. The maximum absolute atomic E-state index is 5.40. The average molecular weight is 272 g/mol. The van der Waals surface area contributed by atoms with E-state index in [9.17, 15) is 0 Å². The van der Waals surface area contributed by atoms with Crippen LogP contribution in [0.25, 0.3) is 10.8 Å². The molecule has 1 fully saturated rings. The van der Waals surface area contributed by atoms with Crippen LogP contribution in [-0.2, 0) is 4.74 Å². The molecule has 0 radical (unpaired) electrons. The average Bonchev–Trinajstić information content (AvgIpc) is 3.00. The number of ether oxygens (including phenoxy) is 2. The first-order valence-electron chi connectivity index (χ1n) is 7.11. The lowest BCUT2D eigenvalue weighted by molar-refractivity contribution is 0.185. The summed E-state index contributed by atoms with van der Waals surface area (Å²) in [6.07, 6.45) is 4.15. The predicted octanol–water partition coefficient (Wildman–Crippen LogP) is 3.08. The molecule has 1 aromatic heterocycles. The fourth-order valence-corrected chi connectivity index (χ4v) is 2.62. The maximum Gasteiger partial charge on any atom is 0.133 e. The molecule has 4 heteroatoms. The quantitative estimate of drug-likeness (QED) is 0.908. The number of fused-ring (bicyclic) bond motifs is 1. The van der Waals surface area contributed by atoms with Crippen LogP contribution in [0.2, 0.25) is 0 Å². The van der Waals surface area contributed by atoms with Crippen molar-refractivity contribution < 1.29 is 9.47 Å². The van der Waals surface area contributed by atoms with Crippen LogP contribution in [0.1, 0.15) is 12.8 Å². The first-order chi connectivity index (χ1) is 9.86. The molecule has 2 aromatic rings. The number of hydrogen-bond donors (Lipinski definition) is 1. The van der Waals surface area contributed by atoms with E-state index in [1.165, 1.54) is 11.8 Å². The van der Waals surface area contributed by atoms with Crippen LogP contribution < -0.4 is 10.1 Å². The molecule has 2 heterocycles. The van der Waals surface area contributed by atoms with Crippen molar-refractivity contribution in [1.29, 1.82) is 0 Å². The number of rotatable bonds is 5. The standard InChI is InChI=1S/C16H20N2O2/c1-19-14-3-2-13-5-8-18-16(15(13)10-14)17-7-4-12-6-9-20-11-12/h2-3,5,8,10,12H,4,6-7,9,11H2,1H3,(H,17,18). The number of pyridine rings is 1. The van der Waals surface area contributed by atoms with Gasteiger partial charge in [0.1, 0.15) is 11.6 Å². The lowest BCUT2D eigenvalue weighted by Crippen LogP contribution is -2.10. The molecule has 0 saturated carbocycles. The second-order valence-corrected chi connectivity index (χ2v) is 5.19. The van der Waals surface area contributed by atoms with Crippen molar-refractivity contribution >= 4 is 16.6 Å². The van der Waals surface area contributed by atoms with E-state index in [1.54, 1.807) is 7.11 Å². The van der Waals surface area contributed by atoms with Gasteiger partial charge in [-0.1, -0.05) is 6.07 Å². The van der Waals surface area contributed by atoms with E-state index in [2.05, 4.69) is 16.4 Å². The summed E-state index contributed by atoms with van der Waals surface area (Å²) in [5, 5.41) is 5.72. The third-order valence-corrected chi connectivity index (χ3v) is 3.84. The zero-order chi connectivity index (χ0) is 13.8. The molecule has 4 nitrogen and oxygen atoms in total. The smallest absolute Gasteiger partial charge is 0.133 e. The molecular weight excluding hydrogens is 252 g/mol. The molecule has 1 aliphatic rings. The SMILES string of the molecule is COc1ccc2ccnc(NCCC3CCOC3)c2c1. The van der Waals surface area contributed by atoms with Crippen molar-refractivity contribution in [2.75, 3.05) is 32.2 Å². The summed E-state index contributed by atoms with van der Waals surface area (Å²) < 4.78 is 10.7.